The van der Waals surface area contributed by atoms with Crippen LogP contribution < -0.4 is 10.1 Å². The fourth-order valence-electron chi connectivity index (χ4n) is 1.74. The lowest BCUT2D eigenvalue weighted by molar-refractivity contribution is -0.702. The third-order valence-corrected chi connectivity index (χ3v) is 2.64. The number of nitrogens with two attached hydrogens (primary N) is 1. The van der Waals surface area contributed by atoms with Gasteiger partial charge in [-0.05, 0) is 37.6 Å². The highest BCUT2D eigenvalue weighted by Crippen LogP contribution is 2.17. The largest absolute Gasteiger partial charge is 0.496 e. The second kappa shape index (κ2) is 6.51. The van der Waals surface area contributed by atoms with Gasteiger partial charge in [0.2, 0.25) is 0 Å². The summed E-state index contributed by atoms with van der Waals surface area (Å²) in [4.78, 5) is 0. The number of ether oxygens (including phenoxy) is 2. The number of rotatable bonds is 6. The maximum Gasteiger partial charge on any atom is 0.121 e. The molecule has 1 aromatic carbocycles. The fraction of sp³-hybridized carbons (Fsp3) is 0.538. The van der Waals surface area contributed by atoms with Gasteiger partial charge >= 0.3 is 0 Å². The molecule has 1 atom stereocenters. The molecule has 0 aliphatic rings. The van der Waals surface area contributed by atoms with Crippen LogP contribution in [0, 0.1) is 6.92 Å². The van der Waals surface area contributed by atoms with Gasteiger partial charge in [0.05, 0.1) is 13.7 Å². The minimum Gasteiger partial charge on any atom is -0.496 e. The lowest BCUT2D eigenvalue weighted by Gasteiger charge is -2.11. The first-order valence-corrected chi connectivity index (χ1v) is 5.63. The first-order valence-electron chi connectivity index (χ1n) is 5.63. The van der Waals surface area contributed by atoms with E-state index in [0.717, 1.165) is 18.9 Å². The maximum absolute atomic E-state index is 5.23. The summed E-state index contributed by atoms with van der Waals surface area (Å²) < 4.78 is 10.3. The highest BCUT2D eigenvalue weighted by molar-refractivity contribution is 5.35. The summed E-state index contributed by atoms with van der Waals surface area (Å²) in [5.74, 6) is 0.952. The van der Waals surface area contributed by atoms with Crippen LogP contribution in [-0.2, 0) is 11.3 Å². The van der Waals surface area contributed by atoms with E-state index in [0.29, 0.717) is 6.04 Å². The van der Waals surface area contributed by atoms with Gasteiger partial charge in [0.25, 0.3) is 0 Å². The Morgan fingerprint density at radius 2 is 2.06 bits per heavy atom. The van der Waals surface area contributed by atoms with Gasteiger partial charge in [-0.1, -0.05) is 0 Å². The van der Waals surface area contributed by atoms with Gasteiger partial charge in [-0.2, -0.15) is 0 Å². The zero-order chi connectivity index (χ0) is 12.0. The van der Waals surface area contributed by atoms with Crippen LogP contribution in [0.1, 0.15) is 18.1 Å². The maximum atomic E-state index is 5.23. The average Bonchev–Trinajstić information content (AvgIpc) is 2.27. The van der Waals surface area contributed by atoms with Crippen LogP contribution >= 0.6 is 0 Å². The Hall–Kier alpha value is -1.06. The van der Waals surface area contributed by atoms with Crippen molar-refractivity contribution in [1.29, 1.82) is 0 Å². The minimum absolute atomic E-state index is 0.493. The van der Waals surface area contributed by atoms with Crippen LogP contribution in [0.15, 0.2) is 18.2 Å². The molecule has 0 saturated carbocycles. The van der Waals surface area contributed by atoms with E-state index in [2.05, 4.69) is 31.3 Å². The van der Waals surface area contributed by atoms with Gasteiger partial charge < -0.3 is 14.8 Å². The molecule has 1 rings (SSSR count). The molecule has 3 nitrogen and oxygen atoms in total. The Bertz CT molecular complexity index is 326. The first kappa shape index (κ1) is 13.0. The van der Waals surface area contributed by atoms with Gasteiger partial charge in [0.15, 0.2) is 0 Å². The van der Waals surface area contributed by atoms with E-state index in [-0.39, 0.29) is 0 Å². The number of hydrogen-bond acceptors (Lipinski definition) is 2. The summed E-state index contributed by atoms with van der Waals surface area (Å²) in [6, 6.07) is 6.81. The smallest absolute Gasteiger partial charge is 0.121 e. The predicted octanol–water partition coefficient (Wildman–Crippen LogP) is 1.10. The topological polar surface area (TPSA) is 35.1 Å². The van der Waals surface area contributed by atoms with Crippen molar-refractivity contribution in [2.75, 3.05) is 20.8 Å². The van der Waals surface area contributed by atoms with Crippen LogP contribution in [0.25, 0.3) is 0 Å². The highest BCUT2D eigenvalue weighted by atomic mass is 16.5. The zero-order valence-electron chi connectivity index (χ0n) is 10.6. The SMILES string of the molecule is COC[C@@H](C)[NH2+]Cc1ccc(OC)c(C)c1. The quantitative estimate of drug-likeness (QED) is 0.785. The lowest BCUT2D eigenvalue weighted by atomic mass is 10.1. The van der Waals surface area contributed by atoms with Crippen molar-refractivity contribution < 1.29 is 14.8 Å². The Balaban J connectivity index is 2.51. The molecule has 0 aliphatic heterocycles. The summed E-state index contributed by atoms with van der Waals surface area (Å²) in [6.07, 6.45) is 0. The van der Waals surface area contributed by atoms with Gasteiger partial charge in [-0.25, -0.2) is 0 Å². The lowest BCUT2D eigenvalue weighted by Crippen LogP contribution is -2.88. The molecule has 0 spiro atoms. The molecule has 0 heterocycles. The standard InChI is InChI=1S/C13H21NO2/c1-10-7-12(5-6-13(10)16-4)8-14-11(2)9-15-3/h5-7,11,14H,8-9H2,1-4H3/p+1/t11-/m1/s1. The Kier molecular flexibility index (Phi) is 5.29. The molecule has 0 unspecified atom stereocenters. The number of aryl methyl sites for hydroxylation is 1. The molecule has 0 saturated heterocycles. The predicted molar refractivity (Wildman–Crippen MR) is 64.7 cm³/mol. The molecule has 0 radical (unpaired) electrons. The number of hydrogen-bond donors (Lipinski definition) is 1. The Morgan fingerprint density at radius 3 is 2.62 bits per heavy atom. The molecular weight excluding hydrogens is 202 g/mol. The van der Waals surface area contributed by atoms with Crippen LogP contribution in [0.5, 0.6) is 5.75 Å². The minimum atomic E-state index is 0.493. The van der Waals surface area contributed by atoms with Crippen LogP contribution in [0.2, 0.25) is 0 Å². The van der Waals surface area contributed by atoms with E-state index in [1.54, 1.807) is 14.2 Å². The number of methoxy groups -OCH3 is 2. The molecule has 16 heavy (non-hydrogen) atoms. The molecule has 0 bridgehead atoms. The van der Waals surface area contributed by atoms with Gasteiger partial charge in [0.1, 0.15) is 18.3 Å². The third kappa shape index (κ3) is 3.83. The molecule has 0 amide bonds. The molecule has 90 valence electrons. The van der Waals surface area contributed by atoms with E-state index in [4.69, 9.17) is 9.47 Å². The molecule has 1 aromatic rings. The van der Waals surface area contributed by atoms with Gasteiger partial charge in [0, 0.05) is 12.7 Å². The van der Waals surface area contributed by atoms with Crippen molar-refractivity contribution in [3.8, 4) is 5.75 Å². The van der Waals surface area contributed by atoms with E-state index >= 15 is 0 Å². The van der Waals surface area contributed by atoms with Crippen LogP contribution in [0.4, 0.5) is 0 Å². The molecule has 0 aliphatic carbocycles. The van der Waals surface area contributed by atoms with Crippen molar-refractivity contribution in [2.24, 2.45) is 0 Å². The van der Waals surface area contributed by atoms with Crippen molar-refractivity contribution in [3.05, 3.63) is 29.3 Å². The molecule has 3 heteroatoms. The summed E-state index contributed by atoms with van der Waals surface area (Å²) in [7, 11) is 3.44. The Labute approximate surface area is 97.8 Å². The van der Waals surface area contributed by atoms with Crippen LogP contribution in [-0.4, -0.2) is 26.9 Å². The monoisotopic (exact) mass is 224 g/mol. The zero-order valence-corrected chi connectivity index (χ0v) is 10.6. The van der Waals surface area contributed by atoms with E-state index in [9.17, 15) is 0 Å². The second-order valence-corrected chi connectivity index (χ2v) is 4.18. The molecule has 0 aromatic heterocycles. The summed E-state index contributed by atoms with van der Waals surface area (Å²) in [6.45, 7) is 6.01. The average molecular weight is 224 g/mol. The van der Waals surface area contributed by atoms with Gasteiger partial charge in [-0.15, -0.1) is 0 Å². The molecule has 2 N–H and O–H groups in total. The van der Waals surface area contributed by atoms with Crippen molar-refractivity contribution in [2.45, 2.75) is 26.4 Å². The fourth-order valence-corrected chi connectivity index (χ4v) is 1.74. The van der Waals surface area contributed by atoms with Crippen molar-refractivity contribution >= 4 is 0 Å². The Morgan fingerprint density at radius 1 is 1.31 bits per heavy atom. The normalized spacial score (nSPS) is 12.5. The van der Waals surface area contributed by atoms with Crippen molar-refractivity contribution in [1.82, 2.24) is 0 Å². The summed E-state index contributed by atoms with van der Waals surface area (Å²) in [5.41, 5.74) is 2.51. The van der Waals surface area contributed by atoms with Crippen LogP contribution in [0.3, 0.4) is 0 Å². The third-order valence-electron chi connectivity index (χ3n) is 2.64. The first-order chi connectivity index (χ1) is 7.67. The molecule has 0 fully saturated rings. The van der Waals surface area contributed by atoms with E-state index in [1.165, 1.54) is 11.1 Å². The number of quaternary nitrogens is 1. The van der Waals surface area contributed by atoms with Gasteiger partial charge in [-0.3, -0.25) is 0 Å². The molecular formula is C13H22NO2+. The number of benzene rings is 1. The summed E-state index contributed by atoms with van der Waals surface area (Å²) >= 11 is 0. The van der Waals surface area contributed by atoms with E-state index < -0.39 is 0 Å². The highest BCUT2D eigenvalue weighted by Gasteiger charge is 2.05. The summed E-state index contributed by atoms with van der Waals surface area (Å²) in [5, 5.41) is 2.28. The second-order valence-electron chi connectivity index (χ2n) is 4.18. The van der Waals surface area contributed by atoms with E-state index in [1.807, 2.05) is 6.07 Å². The van der Waals surface area contributed by atoms with Crippen molar-refractivity contribution in [3.63, 3.8) is 0 Å².